The molecule has 1 N–H and O–H groups in total. The minimum atomic E-state index is 0.476. The van der Waals surface area contributed by atoms with Crippen molar-refractivity contribution in [2.24, 2.45) is 17.3 Å². The van der Waals surface area contributed by atoms with Crippen LogP contribution in [0.5, 0.6) is 0 Å². The van der Waals surface area contributed by atoms with E-state index in [9.17, 15) is 0 Å². The molecule has 0 bridgehead atoms. The summed E-state index contributed by atoms with van der Waals surface area (Å²) in [5.74, 6) is 1.76. The Kier molecular flexibility index (Phi) is 6.65. The summed E-state index contributed by atoms with van der Waals surface area (Å²) in [6, 6.07) is 0.742. The van der Waals surface area contributed by atoms with Crippen molar-refractivity contribution in [3.63, 3.8) is 0 Å². The lowest BCUT2D eigenvalue weighted by atomic mass is 9.66. The van der Waals surface area contributed by atoms with E-state index in [0.29, 0.717) is 5.41 Å². The van der Waals surface area contributed by atoms with E-state index in [1.807, 2.05) is 0 Å². The Bertz CT molecular complexity index is 222. The Morgan fingerprint density at radius 2 is 1.89 bits per heavy atom. The molecule has 0 aromatic rings. The van der Waals surface area contributed by atoms with Crippen LogP contribution < -0.4 is 5.32 Å². The fraction of sp³-hybridized carbons (Fsp3) is 1.00. The van der Waals surface area contributed by atoms with Gasteiger partial charge in [0.2, 0.25) is 0 Å². The average molecular weight is 255 g/mol. The smallest absolute Gasteiger partial charge is 0.0462 e. The monoisotopic (exact) mass is 255 g/mol. The predicted molar refractivity (Wildman–Crippen MR) is 78.9 cm³/mol. The van der Waals surface area contributed by atoms with E-state index in [0.717, 1.165) is 24.5 Å². The molecule has 0 saturated heterocycles. The number of ether oxygens (including phenoxy) is 1. The van der Waals surface area contributed by atoms with Crippen LogP contribution >= 0.6 is 0 Å². The second-order valence-electron chi connectivity index (χ2n) is 7.02. The molecule has 0 aromatic carbocycles. The second kappa shape index (κ2) is 7.49. The van der Waals surface area contributed by atoms with E-state index >= 15 is 0 Å². The Morgan fingerprint density at radius 3 is 2.44 bits per heavy atom. The Labute approximate surface area is 114 Å². The Morgan fingerprint density at radius 1 is 1.17 bits per heavy atom. The third-order valence-corrected chi connectivity index (χ3v) is 4.75. The zero-order chi connectivity index (χ0) is 13.6. The van der Waals surface area contributed by atoms with E-state index in [2.05, 4.69) is 33.1 Å². The van der Waals surface area contributed by atoms with E-state index in [-0.39, 0.29) is 0 Å². The summed E-state index contributed by atoms with van der Waals surface area (Å²) in [6.45, 7) is 8.12. The summed E-state index contributed by atoms with van der Waals surface area (Å²) in [7, 11) is 3.93. The van der Waals surface area contributed by atoms with Crippen LogP contribution in [-0.2, 0) is 4.74 Å². The molecule has 0 heterocycles. The van der Waals surface area contributed by atoms with Crippen molar-refractivity contribution in [1.29, 1.82) is 0 Å². The molecule has 2 heteroatoms. The van der Waals surface area contributed by atoms with Crippen LogP contribution in [0.3, 0.4) is 0 Å². The molecule has 0 amide bonds. The Balaban J connectivity index is 2.43. The summed E-state index contributed by atoms with van der Waals surface area (Å²) in [6.07, 6.45) is 8.04. The zero-order valence-electron chi connectivity index (χ0n) is 13.1. The highest BCUT2D eigenvalue weighted by atomic mass is 16.5. The summed E-state index contributed by atoms with van der Waals surface area (Å²) < 4.78 is 5.14. The number of hydrogen-bond donors (Lipinski definition) is 1. The third kappa shape index (κ3) is 4.89. The minimum absolute atomic E-state index is 0.476. The van der Waals surface area contributed by atoms with Crippen LogP contribution in [0.4, 0.5) is 0 Å². The normalized spacial score (nSPS) is 29.5. The SMILES string of the molecule is CNC1CCC(C(C)(C)C)CC1CCCCOC. The fourth-order valence-electron chi connectivity index (χ4n) is 3.40. The third-order valence-electron chi connectivity index (χ3n) is 4.75. The minimum Gasteiger partial charge on any atom is -0.385 e. The molecule has 1 fully saturated rings. The van der Waals surface area contributed by atoms with Gasteiger partial charge in [0.05, 0.1) is 0 Å². The molecule has 1 saturated carbocycles. The van der Waals surface area contributed by atoms with E-state index in [1.54, 1.807) is 7.11 Å². The first-order valence-electron chi connectivity index (χ1n) is 7.65. The first-order chi connectivity index (χ1) is 8.49. The molecule has 18 heavy (non-hydrogen) atoms. The summed E-state index contributed by atoms with van der Waals surface area (Å²) in [5, 5.41) is 3.54. The van der Waals surface area contributed by atoms with Gasteiger partial charge in [0.1, 0.15) is 0 Å². The van der Waals surface area contributed by atoms with Gasteiger partial charge in [0, 0.05) is 19.8 Å². The molecule has 1 rings (SSSR count). The highest BCUT2D eigenvalue weighted by molar-refractivity contribution is 4.88. The lowest BCUT2D eigenvalue weighted by Crippen LogP contribution is -2.41. The number of nitrogens with one attached hydrogen (secondary N) is 1. The lowest BCUT2D eigenvalue weighted by Gasteiger charge is -2.42. The molecule has 1 aliphatic rings. The number of methoxy groups -OCH3 is 1. The zero-order valence-corrected chi connectivity index (χ0v) is 13.1. The molecule has 0 aromatic heterocycles. The van der Waals surface area contributed by atoms with Gasteiger partial charge in [0.15, 0.2) is 0 Å². The van der Waals surface area contributed by atoms with E-state index in [1.165, 1.54) is 38.5 Å². The van der Waals surface area contributed by atoms with Gasteiger partial charge in [-0.1, -0.05) is 27.2 Å². The van der Waals surface area contributed by atoms with Gasteiger partial charge in [-0.05, 0) is 56.4 Å². The highest BCUT2D eigenvalue weighted by Crippen LogP contribution is 2.41. The highest BCUT2D eigenvalue weighted by Gasteiger charge is 2.34. The maximum absolute atomic E-state index is 5.14. The van der Waals surface area contributed by atoms with Crippen molar-refractivity contribution in [2.75, 3.05) is 20.8 Å². The van der Waals surface area contributed by atoms with Crippen LogP contribution in [-0.4, -0.2) is 26.8 Å². The van der Waals surface area contributed by atoms with Gasteiger partial charge < -0.3 is 10.1 Å². The van der Waals surface area contributed by atoms with E-state index < -0.39 is 0 Å². The largest absolute Gasteiger partial charge is 0.385 e. The van der Waals surface area contributed by atoms with Crippen LogP contribution in [0.25, 0.3) is 0 Å². The van der Waals surface area contributed by atoms with Gasteiger partial charge in [-0.3, -0.25) is 0 Å². The topological polar surface area (TPSA) is 21.3 Å². The van der Waals surface area contributed by atoms with Gasteiger partial charge >= 0.3 is 0 Å². The first kappa shape index (κ1) is 16.0. The summed E-state index contributed by atoms with van der Waals surface area (Å²) >= 11 is 0. The molecule has 108 valence electrons. The van der Waals surface area contributed by atoms with Gasteiger partial charge in [0.25, 0.3) is 0 Å². The number of hydrogen-bond acceptors (Lipinski definition) is 2. The average Bonchev–Trinajstić information content (AvgIpc) is 2.33. The molecular weight excluding hydrogens is 222 g/mol. The van der Waals surface area contributed by atoms with Gasteiger partial charge in [-0.25, -0.2) is 0 Å². The van der Waals surface area contributed by atoms with Crippen molar-refractivity contribution in [3.05, 3.63) is 0 Å². The summed E-state index contributed by atoms with van der Waals surface area (Å²) in [4.78, 5) is 0. The number of unbranched alkanes of at least 4 members (excludes halogenated alkanes) is 1. The van der Waals surface area contributed by atoms with Crippen LogP contribution in [0.1, 0.15) is 59.3 Å². The van der Waals surface area contributed by atoms with Crippen molar-refractivity contribution in [2.45, 2.75) is 65.3 Å². The lowest BCUT2D eigenvalue weighted by molar-refractivity contribution is 0.108. The molecule has 0 aliphatic heterocycles. The van der Waals surface area contributed by atoms with Crippen LogP contribution in [0, 0.1) is 17.3 Å². The van der Waals surface area contributed by atoms with Crippen molar-refractivity contribution in [1.82, 2.24) is 5.32 Å². The molecule has 3 unspecified atom stereocenters. The van der Waals surface area contributed by atoms with Gasteiger partial charge in [-0.2, -0.15) is 0 Å². The first-order valence-corrected chi connectivity index (χ1v) is 7.65. The Hall–Kier alpha value is -0.0800. The second-order valence-corrected chi connectivity index (χ2v) is 7.02. The number of rotatable bonds is 6. The standard InChI is InChI=1S/C16H33NO/c1-16(2,3)14-9-10-15(17-4)13(12-14)8-6-7-11-18-5/h13-15,17H,6-12H2,1-5H3. The van der Waals surface area contributed by atoms with Crippen molar-refractivity contribution < 1.29 is 4.74 Å². The summed E-state index contributed by atoms with van der Waals surface area (Å²) in [5.41, 5.74) is 0.476. The quantitative estimate of drug-likeness (QED) is 0.728. The van der Waals surface area contributed by atoms with Gasteiger partial charge in [-0.15, -0.1) is 0 Å². The maximum atomic E-state index is 5.14. The molecular formula is C16H33NO. The van der Waals surface area contributed by atoms with Crippen molar-refractivity contribution >= 4 is 0 Å². The predicted octanol–water partition coefficient (Wildman–Crippen LogP) is 3.85. The molecule has 2 nitrogen and oxygen atoms in total. The molecule has 1 aliphatic carbocycles. The molecule has 0 radical (unpaired) electrons. The molecule has 0 spiro atoms. The van der Waals surface area contributed by atoms with E-state index in [4.69, 9.17) is 4.74 Å². The van der Waals surface area contributed by atoms with Crippen LogP contribution in [0.15, 0.2) is 0 Å². The fourth-order valence-corrected chi connectivity index (χ4v) is 3.40. The maximum Gasteiger partial charge on any atom is 0.0462 e. The van der Waals surface area contributed by atoms with Crippen molar-refractivity contribution in [3.8, 4) is 0 Å². The van der Waals surface area contributed by atoms with Crippen LogP contribution in [0.2, 0.25) is 0 Å². The molecule has 3 atom stereocenters.